The maximum atomic E-state index is 11.3. The average Bonchev–Trinajstić information content (AvgIpc) is 2.05. The highest BCUT2D eigenvalue weighted by Gasteiger charge is 2.13. The number of nitrogens with one attached hydrogen (secondary N) is 1. The molecule has 0 rings (SSSR count). The Morgan fingerprint density at radius 2 is 2.15 bits per heavy atom. The number of ether oxygens (including phenoxy) is 1. The molecule has 0 radical (unpaired) electrons. The molecule has 0 aliphatic carbocycles. The first-order chi connectivity index (χ1) is 6.11. The average molecular weight is 189 g/mol. The zero-order valence-corrected chi connectivity index (χ0v) is 8.54. The smallest absolute Gasteiger partial charge is 0.222 e. The first-order valence-electron chi connectivity index (χ1n) is 4.52. The molecule has 0 heterocycles. The topological polar surface area (TPSA) is 58.6 Å². The van der Waals surface area contributed by atoms with Crippen LogP contribution in [0, 0.1) is 5.92 Å². The van der Waals surface area contributed by atoms with Gasteiger partial charge in [-0.25, -0.2) is 0 Å². The summed E-state index contributed by atoms with van der Waals surface area (Å²) < 4.78 is 4.91. The predicted molar refractivity (Wildman–Crippen MR) is 50.3 cm³/mol. The van der Waals surface area contributed by atoms with Crippen molar-refractivity contribution in [3.05, 3.63) is 0 Å². The van der Waals surface area contributed by atoms with Crippen LogP contribution in [0.15, 0.2) is 0 Å². The Balaban J connectivity index is 3.86. The van der Waals surface area contributed by atoms with Crippen molar-refractivity contribution in [3.8, 4) is 0 Å². The first kappa shape index (κ1) is 12.4. The number of aliphatic hydroxyl groups is 1. The van der Waals surface area contributed by atoms with Gasteiger partial charge in [-0.05, 0) is 6.42 Å². The lowest BCUT2D eigenvalue weighted by molar-refractivity contribution is -0.125. The molecule has 0 saturated carbocycles. The number of hydrogen-bond acceptors (Lipinski definition) is 3. The Labute approximate surface area is 79.3 Å². The van der Waals surface area contributed by atoms with Crippen molar-refractivity contribution >= 4 is 5.91 Å². The van der Waals surface area contributed by atoms with Gasteiger partial charge in [0.15, 0.2) is 0 Å². The third-order valence-electron chi connectivity index (χ3n) is 1.72. The van der Waals surface area contributed by atoms with Crippen molar-refractivity contribution in [1.82, 2.24) is 5.32 Å². The third-order valence-corrected chi connectivity index (χ3v) is 1.72. The maximum absolute atomic E-state index is 11.3. The monoisotopic (exact) mass is 189 g/mol. The van der Waals surface area contributed by atoms with E-state index in [1.807, 2.05) is 13.8 Å². The molecule has 1 amide bonds. The lowest BCUT2D eigenvalue weighted by Gasteiger charge is -2.17. The van der Waals surface area contributed by atoms with E-state index in [9.17, 15) is 4.79 Å². The quantitative estimate of drug-likeness (QED) is 0.625. The van der Waals surface area contributed by atoms with Crippen LogP contribution in [0.2, 0.25) is 0 Å². The summed E-state index contributed by atoms with van der Waals surface area (Å²) in [6.07, 6.45) is 0.534. The molecule has 0 aliphatic rings. The molecule has 0 saturated heterocycles. The molecule has 0 aromatic carbocycles. The highest BCUT2D eigenvalue weighted by atomic mass is 16.5. The van der Waals surface area contributed by atoms with Crippen molar-refractivity contribution in [1.29, 1.82) is 0 Å². The van der Waals surface area contributed by atoms with E-state index in [2.05, 4.69) is 5.32 Å². The minimum atomic E-state index is -0.0788. The third kappa shape index (κ3) is 5.60. The van der Waals surface area contributed by atoms with E-state index in [0.29, 0.717) is 13.0 Å². The van der Waals surface area contributed by atoms with Gasteiger partial charge in [0.2, 0.25) is 5.91 Å². The number of methoxy groups -OCH3 is 1. The fraction of sp³-hybridized carbons (Fsp3) is 0.889. The zero-order chi connectivity index (χ0) is 10.3. The Hall–Kier alpha value is -0.610. The SMILES string of the molecule is COCC(CCO)NC(=O)C(C)C. The van der Waals surface area contributed by atoms with Crippen LogP contribution in [0.5, 0.6) is 0 Å². The van der Waals surface area contributed by atoms with E-state index in [0.717, 1.165) is 0 Å². The lowest BCUT2D eigenvalue weighted by atomic mass is 10.1. The van der Waals surface area contributed by atoms with Crippen LogP contribution in [0.3, 0.4) is 0 Å². The Bertz CT molecular complexity index is 142. The molecule has 13 heavy (non-hydrogen) atoms. The Morgan fingerprint density at radius 1 is 1.54 bits per heavy atom. The van der Waals surface area contributed by atoms with Crippen LogP contribution < -0.4 is 5.32 Å². The second kappa shape index (κ2) is 6.86. The summed E-state index contributed by atoms with van der Waals surface area (Å²) in [6.45, 7) is 4.17. The van der Waals surface area contributed by atoms with Gasteiger partial charge in [-0.15, -0.1) is 0 Å². The van der Waals surface area contributed by atoms with Gasteiger partial charge in [0.1, 0.15) is 0 Å². The summed E-state index contributed by atoms with van der Waals surface area (Å²) in [5.74, 6) is -0.0338. The number of carbonyl (C=O) groups is 1. The van der Waals surface area contributed by atoms with Crippen LogP contribution in [-0.4, -0.2) is 37.4 Å². The van der Waals surface area contributed by atoms with Crippen LogP contribution in [0.4, 0.5) is 0 Å². The standard InChI is InChI=1S/C9H19NO3/c1-7(2)9(12)10-8(4-5-11)6-13-3/h7-8,11H,4-6H2,1-3H3,(H,10,12). The number of amides is 1. The van der Waals surface area contributed by atoms with Gasteiger partial charge in [0, 0.05) is 19.6 Å². The molecule has 4 heteroatoms. The molecule has 4 nitrogen and oxygen atoms in total. The Kier molecular flexibility index (Phi) is 6.54. The van der Waals surface area contributed by atoms with E-state index < -0.39 is 0 Å². The molecule has 1 atom stereocenters. The van der Waals surface area contributed by atoms with Crippen LogP contribution >= 0.6 is 0 Å². The van der Waals surface area contributed by atoms with Crippen molar-refractivity contribution in [2.24, 2.45) is 5.92 Å². The molecule has 0 spiro atoms. The van der Waals surface area contributed by atoms with Gasteiger partial charge in [-0.3, -0.25) is 4.79 Å². The fourth-order valence-electron chi connectivity index (χ4n) is 0.922. The predicted octanol–water partition coefficient (Wildman–Crippen LogP) is 0.156. The molecular weight excluding hydrogens is 170 g/mol. The normalized spacial score (nSPS) is 13.0. The van der Waals surface area contributed by atoms with Crippen molar-refractivity contribution in [3.63, 3.8) is 0 Å². The summed E-state index contributed by atoms with van der Waals surface area (Å²) in [5.41, 5.74) is 0. The first-order valence-corrected chi connectivity index (χ1v) is 4.52. The van der Waals surface area contributed by atoms with Crippen molar-refractivity contribution < 1.29 is 14.6 Å². The largest absolute Gasteiger partial charge is 0.396 e. The highest BCUT2D eigenvalue weighted by Crippen LogP contribution is 1.96. The molecule has 0 aliphatic heterocycles. The van der Waals surface area contributed by atoms with Gasteiger partial charge in [-0.1, -0.05) is 13.8 Å². The van der Waals surface area contributed by atoms with E-state index in [1.54, 1.807) is 7.11 Å². The summed E-state index contributed by atoms with van der Waals surface area (Å²) in [5, 5.41) is 11.5. The lowest BCUT2D eigenvalue weighted by Crippen LogP contribution is -2.40. The molecule has 0 bridgehead atoms. The molecule has 78 valence electrons. The highest BCUT2D eigenvalue weighted by molar-refractivity contribution is 5.78. The summed E-state index contributed by atoms with van der Waals surface area (Å²) in [4.78, 5) is 11.3. The molecule has 0 aromatic rings. The van der Waals surface area contributed by atoms with E-state index in [1.165, 1.54) is 0 Å². The summed E-state index contributed by atoms with van der Waals surface area (Å²) in [7, 11) is 1.58. The fourth-order valence-corrected chi connectivity index (χ4v) is 0.922. The minimum Gasteiger partial charge on any atom is -0.396 e. The van der Waals surface area contributed by atoms with Gasteiger partial charge in [0.25, 0.3) is 0 Å². The van der Waals surface area contributed by atoms with Gasteiger partial charge in [0.05, 0.1) is 12.6 Å². The van der Waals surface area contributed by atoms with Crippen molar-refractivity contribution in [2.75, 3.05) is 20.3 Å². The molecule has 0 aromatic heterocycles. The number of carbonyl (C=O) groups excluding carboxylic acids is 1. The summed E-state index contributed by atoms with van der Waals surface area (Å²) in [6, 6.07) is -0.0788. The van der Waals surface area contributed by atoms with Crippen LogP contribution in [-0.2, 0) is 9.53 Å². The molecule has 1 unspecified atom stereocenters. The second-order valence-electron chi connectivity index (χ2n) is 3.33. The zero-order valence-electron chi connectivity index (χ0n) is 8.54. The van der Waals surface area contributed by atoms with Crippen LogP contribution in [0.25, 0.3) is 0 Å². The van der Waals surface area contributed by atoms with E-state index in [4.69, 9.17) is 9.84 Å². The Morgan fingerprint density at radius 3 is 2.54 bits per heavy atom. The molecular formula is C9H19NO3. The number of hydrogen-bond donors (Lipinski definition) is 2. The maximum Gasteiger partial charge on any atom is 0.222 e. The molecule has 2 N–H and O–H groups in total. The van der Waals surface area contributed by atoms with Gasteiger partial charge < -0.3 is 15.2 Å². The van der Waals surface area contributed by atoms with E-state index in [-0.39, 0.29) is 24.5 Å². The van der Waals surface area contributed by atoms with E-state index >= 15 is 0 Å². The summed E-state index contributed by atoms with van der Waals surface area (Å²) >= 11 is 0. The second-order valence-corrected chi connectivity index (χ2v) is 3.33. The minimum absolute atomic E-state index is 0.00417. The van der Waals surface area contributed by atoms with Crippen LogP contribution in [0.1, 0.15) is 20.3 Å². The van der Waals surface area contributed by atoms with Gasteiger partial charge in [-0.2, -0.15) is 0 Å². The molecule has 0 fully saturated rings. The van der Waals surface area contributed by atoms with Gasteiger partial charge >= 0.3 is 0 Å². The number of rotatable bonds is 6. The number of aliphatic hydroxyl groups excluding tert-OH is 1. The van der Waals surface area contributed by atoms with Crippen molar-refractivity contribution in [2.45, 2.75) is 26.3 Å².